The Morgan fingerprint density at radius 3 is 2.80 bits per heavy atom. The monoisotopic (exact) mass is 297 g/mol. The van der Waals surface area contributed by atoms with Crippen LogP contribution < -0.4 is 5.32 Å². The van der Waals surface area contributed by atoms with Crippen LogP contribution in [0.1, 0.15) is 23.8 Å². The lowest BCUT2D eigenvalue weighted by Gasteiger charge is -2.31. The highest BCUT2D eigenvalue weighted by Gasteiger charge is 2.22. The molecule has 1 aliphatic rings. The average Bonchev–Trinajstić information content (AvgIpc) is 2.93. The van der Waals surface area contributed by atoms with Crippen LogP contribution in [0.25, 0.3) is 0 Å². The predicted molar refractivity (Wildman–Crippen MR) is 81.0 cm³/mol. The first-order valence-electron chi connectivity index (χ1n) is 6.98. The molecule has 0 radical (unpaired) electrons. The predicted octanol–water partition coefficient (Wildman–Crippen LogP) is 1.52. The van der Waals surface area contributed by atoms with Gasteiger partial charge in [-0.25, -0.2) is 4.79 Å². The Morgan fingerprint density at radius 2 is 2.25 bits per heavy atom. The lowest BCUT2D eigenvalue weighted by molar-refractivity contribution is 0.0931. The molecule has 0 spiro atoms. The van der Waals surface area contributed by atoms with Gasteiger partial charge in [-0.15, -0.1) is 11.3 Å². The van der Waals surface area contributed by atoms with Crippen LogP contribution in [0.4, 0.5) is 4.79 Å². The van der Waals surface area contributed by atoms with Crippen LogP contribution in [0.5, 0.6) is 0 Å². The molecule has 1 saturated heterocycles. The summed E-state index contributed by atoms with van der Waals surface area (Å²) < 4.78 is 0. The molecule has 112 valence electrons. The lowest BCUT2D eigenvalue weighted by Crippen LogP contribution is -2.47. The normalized spacial score (nSPS) is 18.3. The Balaban J connectivity index is 1.85. The molecule has 6 heteroatoms. The van der Waals surface area contributed by atoms with Crippen LogP contribution in [0.2, 0.25) is 0 Å². The number of likely N-dealkylation sites (tertiary alicyclic amines) is 1. The number of aliphatic hydroxyl groups excluding tert-OH is 1. The number of carbonyl (C=O) groups is 1. The Hall–Kier alpha value is -1.11. The van der Waals surface area contributed by atoms with Gasteiger partial charge >= 0.3 is 6.03 Å². The van der Waals surface area contributed by atoms with E-state index in [9.17, 15) is 9.90 Å². The number of rotatable bonds is 4. The highest BCUT2D eigenvalue weighted by atomic mass is 32.1. The summed E-state index contributed by atoms with van der Waals surface area (Å²) >= 11 is 1.71. The van der Waals surface area contributed by atoms with E-state index in [1.807, 2.05) is 20.2 Å². The number of hydrogen-bond acceptors (Lipinski definition) is 4. The molecule has 1 aromatic rings. The first kappa shape index (κ1) is 15.3. The first-order valence-corrected chi connectivity index (χ1v) is 7.86. The summed E-state index contributed by atoms with van der Waals surface area (Å²) in [6.45, 7) is 1.88. The molecular weight excluding hydrogens is 274 g/mol. The molecule has 2 N–H and O–H groups in total. The van der Waals surface area contributed by atoms with Crippen molar-refractivity contribution in [3.63, 3.8) is 0 Å². The number of hydrogen-bond donors (Lipinski definition) is 2. The SMILES string of the molecule is CN(C)C(CNC(=O)N1CCC(O)CC1)c1cccs1. The molecule has 0 aliphatic carbocycles. The van der Waals surface area contributed by atoms with Crippen LogP contribution >= 0.6 is 11.3 Å². The van der Waals surface area contributed by atoms with Gasteiger partial charge in [0.05, 0.1) is 12.1 Å². The number of thiophene rings is 1. The lowest BCUT2D eigenvalue weighted by atomic mass is 10.1. The maximum absolute atomic E-state index is 12.1. The molecule has 1 atom stereocenters. The first-order chi connectivity index (χ1) is 9.58. The van der Waals surface area contributed by atoms with Gasteiger partial charge in [0.1, 0.15) is 0 Å². The van der Waals surface area contributed by atoms with Gasteiger partial charge in [0.15, 0.2) is 0 Å². The fourth-order valence-corrected chi connectivity index (χ4v) is 3.31. The molecule has 2 heterocycles. The Bertz CT molecular complexity index is 414. The third-order valence-electron chi connectivity index (χ3n) is 3.69. The summed E-state index contributed by atoms with van der Waals surface area (Å²) in [5, 5.41) is 14.5. The van der Waals surface area contributed by atoms with E-state index in [1.165, 1.54) is 4.88 Å². The second-order valence-corrected chi connectivity index (χ2v) is 6.38. The molecule has 20 heavy (non-hydrogen) atoms. The molecule has 1 aliphatic heterocycles. The topological polar surface area (TPSA) is 55.8 Å². The molecule has 0 saturated carbocycles. The summed E-state index contributed by atoms with van der Waals surface area (Å²) in [4.78, 5) is 17.3. The van der Waals surface area contributed by atoms with Crippen molar-refractivity contribution in [2.24, 2.45) is 0 Å². The van der Waals surface area contributed by atoms with Gasteiger partial charge in [-0.2, -0.15) is 0 Å². The minimum Gasteiger partial charge on any atom is -0.393 e. The standard InChI is InChI=1S/C14H23N3O2S/c1-16(2)12(13-4-3-9-20-13)10-15-14(19)17-7-5-11(18)6-8-17/h3-4,9,11-12,18H,5-8,10H2,1-2H3,(H,15,19). The minimum atomic E-state index is -0.250. The minimum absolute atomic E-state index is 0.0275. The Kier molecular flexibility index (Phi) is 5.39. The van der Waals surface area contributed by atoms with E-state index in [2.05, 4.69) is 21.7 Å². The van der Waals surface area contributed by atoms with E-state index in [1.54, 1.807) is 16.2 Å². The number of amides is 2. The van der Waals surface area contributed by atoms with Gasteiger partial charge in [0, 0.05) is 24.5 Å². The smallest absolute Gasteiger partial charge is 0.317 e. The number of urea groups is 1. The van der Waals surface area contributed by atoms with Crippen LogP contribution in [-0.4, -0.2) is 60.8 Å². The van der Waals surface area contributed by atoms with Gasteiger partial charge in [0.2, 0.25) is 0 Å². The van der Waals surface area contributed by atoms with Crippen molar-refractivity contribution in [2.75, 3.05) is 33.7 Å². The number of piperidine rings is 1. The van der Waals surface area contributed by atoms with Gasteiger partial charge < -0.3 is 20.2 Å². The van der Waals surface area contributed by atoms with E-state index in [-0.39, 0.29) is 18.2 Å². The fourth-order valence-electron chi connectivity index (χ4n) is 2.38. The van der Waals surface area contributed by atoms with E-state index >= 15 is 0 Å². The van der Waals surface area contributed by atoms with Crippen molar-refractivity contribution in [2.45, 2.75) is 25.0 Å². The molecule has 1 aromatic heterocycles. The van der Waals surface area contributed by atoms with Gasteiger partial charge in [-0.3, -0.25) is 0 Å². The summed E-state index contributed by atoms with van der Waals surface area (Å²) in [6.07, 6.45) is 1.10. The number of likely N-dealkylation sites (N-methyl/N-ethyl adjacent to an activating group) is 1. The highest BCUT2D eigenvalue weighted by molar-refractivity contribution is 7.10. The molecule has 2 rings (SSSR count). The molecule has 1 fully saturated rings. The highest BCUT2D eigenvalue weighted by Crippen LogP contribution is 2.22. The quantitative estimate of drug-likeness (QED) is 0.886. The van der Waals surface area contributed by atoms with E-state index in [4.69, 9.17) is 0 Å². The van der Waals surface area contributed by atoms with Crippen LogP contribution in [0.15, 0.2) is 17.5 Å². The van der Waals surface area contributed by atoms with Crippen LogP contribution in [0, 0.1) is 0 Å². The van der Waals surface area contributed by atoms with Gasteiger partial charge in [-0.1, -0.05) is 6.07 Å². The zero-order chi connectivity index (χ0) is 14.5. The van der Waals surface area contributed by atoms with Crippen molar-refractivity contribution in [3.05, 3.63) is 22.4 Å². The maximum Gasteiger partial charge on any atom is 0.317 e. The Morgan fingerprint density at radius 1 is 1.55 bits per heavy atom. The number of carbonyl (C=O) groups excluding carboxylic acids is 1. The maximum atomic E-state index is 12.1. The third-order valence-corrected chi connectivity index (χ3v) is 4.67. The van der Waals surface area contributed by atoms with Crippen molar-refractivity contribution in [1.29, 1.82) is 0 Å². The second-order valence-electron chi connectivity index (χ2n) is 5.40. The summed E-state index contributed by atoms with van der Waals surface area (Å²) in [5.74, 6) is 0. The third kappa shape index (κ3) is 3.94. The van der Waals surface area contributed by atoms with Crippen molar-refractivity contribution in [3.8, 4) is 0 Å². The molecule has 5 nitrogen and oxygen atoms in total. The molecular formula is C14H23N3O2S. The van der Waals surface area contributed by atoms with Crippen molar-refractivity contribution >= 4 is 17.4 Å². The van der Waals surface area contributed by atoms with Crippen molar-refractivity contribution < 1.29 is 9.90 Å². The average molecular weight is 297 g/mol. The summed E-state index contributed by atoms with van der Waals surface area (Å²) in [6, 6.07) is 4.30. The number of nitrogens with zero attached hydrogens (tertiary/aromatic N) is 2. The van der Waals surface area contributed by atoms with E-state index < -0.39 is 0 Å². The zero-order valence-electron chi connectivity index (χ0n) is 12.1. The summed E-state index contributed by atoms with van der Waals surface area (Å²) in [5.41, 5.74) is 0. The largest absolute Gasteiger partial charge is 0.393 e. The molecule has 0 bridgehead atoms. The van der Waals surface area contributed by atoms with Crippen molar-refractivity contribution in [1.82, 2.24) is 15.1 Å². The zero-order valence-corrected chi connectivity index (χ0v) is 12.9. The van der Waals surface area contributed by atoms with E-state index in [0.29, 0.717) is 32.5 Å². The molecule has 0 aromatic carbocycles. The van der Waals surface area contributed by atoms with Crippen LogP contribution in [-0.2, 0) is 0 Å². The van der Waals surface area contributed by atoms with E-state index in [0.717, 1.165) is 0 Å². The van der Waals surface area contributed by atoms with Crippen LogP contribution in [0.3, 0.4) is 0 Å². The fraction of sp³-hybridized carbons (Fsp3) is 0.643. The van der Waals surface area contributed by atoms with Gasteiger partial charge in [0.25, 0.3) is 0 Å². The molecule has 2 amide bonds. The second kappa shape index (κ2) is 7.06. The summed E-state index contributed by atoms with van der Waals surface area (Å²) in [7, 11) is 4.04. The number of nitrogens with one attached hydrogen (secondary N) is 1. The number of aliphatic hydroxyl groups is 1. The van der Waals surface area contributed by atoms with Gasteiger partial charge in [-0.05, 0) is 38.4 Å². The molecule has 1 unspecified atom stereocenters. The Labute approximate surface area is 124 Å².